The summed E-state index contributed by atoms with van der Waals surface area (Å²) >= 11 is 0. The molecule has 0 aliphatic carbocycles. The third-order valence-corrected chi connectivity index (χ3v) is 4.08. The molecule has 25 heavy (non-hydrogen) atoms. The van der Waals surface area contributed by atoms with E-state index in [9.17, 15) is 0 Å². The van der Waals surface area contributed by atoms with Crippen LogP contribution in [0.25, 0.3) is 0 Å². The first kappa shape index (κ1) is 20.9. The van der Waals surface area contributed by atoms with Crippen LogP contribution in [0.5, 0.6) is 17.2 Å². The van der Waals surface area contributed by atoms with Crippen LogP contribution in [0.1, 0.15) is 45.1 Å². The van der Waals surface area contributed by atoms with E-state index in [1.807, 2.05) is 12.1 Å². The predicted molar refractivity (Wildman–Crippen MR) is 103 cm³/mol. The molecule has 142 valence electrons. The largest absolute Gasteiger partial charge is 0.493 e. The molecule has 0 heterocycles. The first-order valence-electron chi connectivity index (χ1n) is 8.86. The van der Waals surface area contributed by atoms with Gasteiger partial charge in [-0.15, -0.1) is 0 Å². The number of guanidine groups is 1. The van der Waals surface area contributed by atoms with Crippen LogP contribution in [-0.4, -0.2) is 40.4 Å². The number of unbranched alkanes of at least 4 members (excludes halogenated alkanes) is 2. The highest BCUT2D eigenvalue weighted by molar-refractivity contribution is 5.80. The first-order valence-corrected chi connectivity index (χ1v) is 8.86. The van der Waals surface area contributed by atoms with Crippen molar-refractivity contribution in [3.05, 3.63) is 17.7 Å². The van der Waals surface area contributed by atoms with Crippen LogP contribution in [0.15, 0.2) is 17.1 Å². The van der Waals surface area contributed by atoms with Crippen LogP contribution in [0.3, 0.4) is 0 Å². The van der Waals surface area contributed by atoms with Gasteiger partial charge in [-0.1, -0.05) is 26.2 Å². The van der Waals surface area contributed by atoms with Crippen molar-refractivity contribution in [2.45, 2.75) is 52.1 Å². The molecule has 1 atom stereocenters. The summed E-state index contributed by atoms with van der Waals surface area (Å²) in [6, 6.07) is 4.22. The maximum atomic E-state index is 5.52. The number of nitrogens with zero attached hydrogens (tertiary/aromatic N) is 1. The number of ether oxygens (including phenoxy) is 3. The Balaban J connectivity index is 2.72. The minimum absolute atomic E-state index is 0.380. The molecule has 0 aliphatic rings. The van der Waals surface area contributed by atoms with E-state index in [0.29, 0.717) is 29.8 Å². The number of nitrogens with one attached hydrogen (secondary N) is 2. The molecule has 0 aromatic heterocycles. The van der Waals surface area contributed by atoms with E-state index >= 15 is 0 Å². The number of benzene rings is 1. The van der Waals surface area contributed by atoms with Crippen LogP contribution in [0.4, 0.5) is 0 Å². The minimum atomic E-state index is 0.380. The molecule has 1 rings (SSSR count). The van der Waals surface area contributed by atoms with Gasteiger partial charge in [-0.25, -0.2) is 0 Å². The molecule has 0 bridgehead atoms. The van der Waals surface area contributed by atoms with Crippen LogP contribution in [0.2, 0.25) is 0 Å². The van der Waals surface area contributed by atoms with Crippen molar-refractivity contribution in [3.8, 4) is 17.2 Å². The van der Waals surface area contributed by atoms with E-state index in [-0.39, 0.29) is 0 Å². The second kappa shape index (κ2) is 11.4. The van der Waals surface area contributed by atoms with Gasteiger partial charge in [0.05, 0.1) is 21.3 Å². The predicted octanol–water partition coefficient (Wildman–Crippen LogP) is 3.35. The summed E-state index contributed by atoms with van der Waals surface area (Å²) in [5.74, 6) is 2.69. The van der Waals surface area contributed by atoms with E-state index in [2.05, 4.69) is 29.5 Å². The Bertz CT molecular complexity index is 547. The van der Waals surface area contributed by atoms with Crippen molar-refractivity contribution in [2.24, 2.45) is 4.99 Å². The Morgan fingerprint density at radius 1 is 1.08 bits per heavy atom. The fraction of sp³-hybridized carbons (Fsp3) is 0.632. The molecule has 1 aromatic rings. The Morgan fingerprint density at radius 2 is 1.80 bits per heavy atom. The molecule has 1 unspecified atom stereocenters. The smallest absolute Gasteiger partial charge is 0.203 e. The molecule has 6 heteroatoms. The lowest BCUT2D eigenvalue weighted by molar-refractivity contribution is 0.322. The lowest BCUT2D eigenvalue weighted by Gasteiger charge is -2.19. The molecule has 0 radical (unpaired) electrons. The Labute approximate surface area is 152 Å². The Hall–Kier alpha value is -2.11. The van der Waals surface area contributed by atoms with Gasteiger partial charge in [0.1, 0.15) is 0 Å². The average molecular weight is 351 g/mol. The summed E-state index contributed by atoms with van der Waals surface area (Å²) in [5, 5.41) is 6.76. The molecule has 0 fully saturated rings. The molecule has 6 nitrogen and oxygen atoms in total. The maximum absolute atomic E-state index is 5.52. The van der Waals surface area contributed by atoms with E-state index in [0.717, 1.165) is 17.9 Å². The topological polar surface area (TPSA) is 64.1 Å². The highest BCUT2D eigenvalue weighted by atomic mass is 16.5. The van der Waals surface area contributed by atoms with Crippen molar-refractivity contribution in [3.63, 3.8) is 0 Å². The molecule has 0 aliphatic heterocycles. The van der Waals surface area contributed by atoms with Crippen LogP contribution < -0.4 is 24.8 Å². The van der Waals surface area contributed by atoms with Crippen LogP contribution in [-0.2, 0) is 6.54 Å². The van der Waals surface area contributed by atoms with Gasteiger partial charge in [0, 0.05) is 25.2 Å². The van der Waals surface area contributed by atoms with Crippen LogP contribution in [0, 0.1) is 0 Å². The zero-order valence-corrected chi connectivity index (χ0v) is 16.4. The molecule has 1 aromatic carbocycles. The lowest BCUT2D eigenvalue weighted by atomic mass is 10.1. The number of hydrogen-bond acceptors (Lipinski definition) is 4. The molecular formula is C19H33N3O3. The standard InChI is InChI=1S/C19H33N3O3/c1-7-8-9-10-14(2)22-19(20-3)21-13-15-11-12-16(23-4)18(25-6)17(15)24-5/h11-12,14H,7-10,13H2,1-6H3,(H2,20,21,22). The molecular weight excluding hydrogens is 318 g/mol. The zero-order chi connectivity index (χ0) is 18.7. The van der Waals surface area contributed by atoms with Gasteiger partial charge < -0.3 is 24.8 Å². The SMILES string of the molecule is CCCCCC(C)NC(=NC)NCc1ccc(OC)c(OC)c1OC. The highest BCUT2D eigenvalue weighted by Gasteiger charge is 2.16. The summed E-state index contributed by atoms with van der Waals surface area (Å²) in [5.41, 5.74) is 0.974. The summed E-state index contributed by atoms with van der Waals surface area (Å²) in [7, 11) is 6.63. The van der Waals surface area contributed by atoms with Crippen molar-refractivity contribution >= 4 is 5.96 Å². The average Bonchev–Trinajstić information content (AvgIpc) is 2.64. The third-order valence-electron chi connectivity index (χ3n) is 4.08. The number of rotatable bonds is 10. The Kier molecular flexibility index (Phi) is 9.58. The summed E-state index contributed by atoms with van der Waals surface area (Å²) in [6.07, 6.45) is 4.86. The number of methoxy groups -OCH3 is 3. The maximum Gasteiger partial charge on any atom is 0.203 e. The zero-order valence-electron chi connectivity index (χ0n) is 16.4. The van der Waals surface area contributed by atoms with E-state index in [1.165, 1.54) is 19.3 Å². The third kappa shape index (κ3) is 6.36. The van der Waals surface area contributed by atoms with E-state index < -0.39 is 0 Å². The van der Waals surface area contributed by atoms with Crippen molar-refractivity contribution in [1.29, 1.82) is 0 Å². The van der Waals surface area contributed by atoms with Gasteiger partial charge in [0.2, 0.25) is 5.75 Å². The summed E-state index contributed by atoms with van der Waals surface area (Å²) < 4.78 is 16.3. The molecule has 0 amide bonds. The van der Waals surface area contributed by atoms with Gasteiger partial charge in [-0.3, -0.25) is 4.99 Å². The minimum Gasteiger partial charge on any atom is -0.493 e. The van der Waals surface area contributed by atoms with Gasteiger partial charge in [-0.05, 0) is 25.5 Å². The molecule has 0 saturated heterocycles. The number of hydrogen-bond donors (Lipinski definition) is 2. The second-order valence-electron chi connectivity index (χ2n) is 5.96. The normalized spacial score (nSPS) is 12.5. The molecule has 0 spiro atoms. The first-order chi connectivity index (χ1) is 12.1. The van der Waals surface area contributed by atoms with E-state index in [1.54, 1.807) is 28.4 Å². The second-order valence-corrected chi connectivity index (χ2v) is 5.96. The van der Waals surface area contributed by atoms with E-state index in [4.69, 9.17) is 14.2 Å². The highest BCUT2D eigenvalue weighted by Crippen LogP contribution is 2.39. The summed E-state index contributed by atoms with van der Waals surface area (Å²) in [4.78, 5) is 4.30. The fourth-order valence-corrected chi connectivity index (χ4v) is 2.68. The van der Waals surface area contributed by atoms with Crippen LogP contribution >= 0.6 is 0 Å². The van der Waals surface area contributed by atoms with Crippen molar-refractivity contribution < 1.29 is 14.2 Å². The fourth-order valence-electron chi connectivity index (χ4n) is 2.68. The van der Waals surface area contributed by atoms with Gasteiger partial charge >= 0.3 is 0 Å². The summed E-state index contributed by atoms with van der Waals surface area (Å²) in [6.45, 7) is 4.97. The van der Waals surface area contributed by atoms with Crippen molar-refractivity contribution in [1.82, 2.24) is 10.6 Å². The number of aliphatic imine (C=N–C) groups is 1. The molecule has 2 N–H and O–H groups in total. The van der Waals surface area contributed by atoms with Gasteiger partial charge in [0.15, 0.2) is 17.5 Å². The van der Waals surface area contributed by atoms with Gasteiger partial charge in [-0.2, -0.15) is 0 Å². The lowest BCUT2D eigenvalue weighted by Crippen LogP contribution is -2.41. The van der Waals surface area contributed by atoms with Gasteiger partial charge in [0.25, 0.3) is 0 Å². The Morgan fingerprint density at radius 3 is 2.36 bits per heavy atom. The van der Waals surface area contributed by atoms with Crippen molar-refractivity contribution in [2.75, 3.05) is 28.4 Å². The monoisotopic (exact) mass is 351 g/mol. The molecule has 0 saturated carbocycles. The quantitative estimate of drug-likeness (QED) is 0.384.